The number of fused-ring (bicyclic) bond motifs is 2. The van der Waals surface area contributed by atoms with E-state index in [1.165, 1.54) is 6.92 Å². The number of hydrogen-bond acceptors (Lipinski definition) is 8. The Balaban J connectivity index is 1.79. The highest BCUT2D eigenvalue weighted by molar-refractivity contribution is 7.99. The number of nitrogens with one attached hydrogen (secondary N) is 1. The third-order valence-corrected chi connectivity index (χ3v) is 5.64. The second kappa shape index (κ2) is 8.32. The maximum absolute atomic E-state index is 11.8. The van der Waals surface area contributed by atoms with Gasteiger partial charge in [-0.1, -0.05) is 36.1 Å². The lowest BCUT2D eigenvalue weighted by atomic mass is 10.0. The van der Waals surface area contributed by atoms with Gasteiger partial charge in [0.05, 0.1) is 5.69 Å². The zero-order valence-electron chi connectivity index (χ0n) is 15.8. The largest absolute Gasteiger partial charge is 0.453 e. The molecule has 0 amide bonds. The van der Waals surface area contributed by atoms with Crippen molar-refractivity contribution in [3.05, 3.63) is 64.7 Å². The van der Waals surface area contributed by atoms with E-state index in [1.807, 2.05) is 29.2 Å². The van der Waals surface area contributed by atoms with Crippen molar-refractivity contribution in [2.45, 2.75) is 22.9 Å². The van der Waals surface area contributed by atoms with Crippen LogP contribution in [-0.4, -0.2) is 34.8 Å². The average Bonchev–Trinajstić information content (AvgIpc) is 2.72. The van der Waals surface area contributed by atoms with Crippen molar-refractivity contribution in [2.75, 3.05) is 18.7 Å². The Morgan fingerprint density at radius 1 is 1.24 bits per heavy atom. The predicted molar refractivity (Wildman–Crippen MR) is 112 cm³/mol. The van der Waals surface area contributed by atoms with Gasteiger partial charge in [0, 0.05) is 43.1 Å². The lowest BCUT2D eigenvalue weighted by molar-refractivity contribution is -0.144. The molecule has 7 nitrogen and oxygen atoms in total. The Kier molecular flexibility index (Phi) is 5.61. The summed E-state index contributed by atoms with van der Waals surface area (Å²) in [7, 11) is 1.63. The minimum atomic E-state index is -0.567. The molecule has 0 spiro atoms. The van der Waals surface area contributed by atoms with Crippen LogP contribution in [0, 0.1) is 4.64 Å². The zero-order chi connectivity index (χ0) is 20.4. The van der Waals surface area contributed by atoms with Crippen LogP contribution >= 0.6 is 24.0 Å². The molecule has 29 heavy (non-hydrogen) atoms. The topological polar surface area (TPSA) is 80.3 Å². The average molecular weight is 427 g/mol. The van der Waals surface area contributed by atoms with Crippen LogP contribution in [0.3, 0.4) is 0 Å². The maximum Gasteiger partial charge on any atom is 0.303 e. The smallest absolute Gasteiger partial charge is 0.303 e. The molecular weight excluding hydrogens is 408 g/mol. The van der Waals surface area contributed by atoms with Gasteiger partial charge in [-0.25, -0.2) is 9.97 Å². The first-order chi connectivity index (χ1) is 14.1. The predicted octanol–water partition coefficient (Wildman–Crippen LogP) is 4.39. The molecular formula is C20H18N4O3S2. The van der Waals surface area contributed by atoms with Crippen molar-refractivity contribution >= 4 is 41.5 Å². The molecule has 1 atom stereocenters. The van der Waals surface area contributed by atoms with E-state index in [4.69, 9.17) is 21.7 Å². The Hall–Kier alpha value is -2.75. The minimum Gasteiger partial charge on any atom is -0.453 e. The van der Waals surface area contributed by atoms with Crippen molar-refractivity contribution in [3.8, 4) is 0 Å². The van der Waals surface area contributed by atoms with E-state index < -0.39 is 6.10 Å². The highest BCUT2D eigenvalue weighted by Gasteiger charge is 2.28. The van der Waals surface area contributed by atoms with Crippen LogP contribution < -0.4 is 4.90 Å². The van der Waals surface area contributed by atoms with Crippen LogP contribution in [-0.2, 0) is 14.3 Å². The van der Waals surface area contributed by atoms with Gasteiger partial charge in [-0.15, -0.1) is 0 Å². The van der Waals surface area contributed by atoms with Crippen LogP contribution in [0.1, 0.15) is 24.2 Å². The second-order valence-corrected chi connectivity index (χ2v) is 7.81. The standard InChI is InChI=1S/C20H18N4O3S2/c1-12(25)27-18(14-4-6-17(28)23-10-14)13-3-5-16-15(9-13)24(11-26-2)19-20(29-16)22-8-7-21-19/h3-10,18H,11H2,1-2H3,(H,23,28). The maximum atomic E-state index is 11.8. The van der Waals surface area contributed by atoms with Gasteiger partial charge in [-0.05, 0) is 23.8 Å². The van der Waals surface area contributed by atoms with Crippen LogP contribution in [0.5, 0.6) is 0 Å². The fourth-order valence-corrected chi connectivity index (χ4v) is 4.24. The van der Waals surface area contributed by atoms with Crippen molar-refractivity contribution in [1.29, 1.82) is 0 Å². The highest BCUT2D eigenvalue weighted by atomic mass is 32.2. The number of hydrogen-bond donors (Lipinski definition) is 1. The van der Waals surface area contributed by atoms with Crippen LogP contribution in [0.2, 0.25) is 0 Å². The quantitative estimate of drug-likeness (QED) is 0.475. The van der Waals surface area contributed by atoms with E-state index in [0.717, 1.165) is 32.6 Å². The van der Waals surface area contributed by atoms with Gasteiger partial charge in [0.2, 0.25) is 0 Å². The summed E-state index contributed by atoms with van der Waals surface area (Å²) in [6.45, 7) is 1.72. The van der Waals surface area contributed by atoms with E-state index in [-0.39, 0.29) is 5.97 Å². The summed E-state index contributed by atoms with van der Waals surface area (Å²) in [4.78, 5) is 26.7. The Labute approximate surface area is 177 Å². The monoisotopic (exact) mass is 426 g/mol. The molecule has 1 aliphatic rings. The number of carbonyl (C=O) groups excluding carboxylic acids is 1. The lowest BCUT2D eigenvalue weighted by Gasteiger charge is -2.31. The van der Waals surface area contributed by atoms with Crippen molar-refractivity contribution in [1.82, 2.24) is 15.0 Å². The molecule has 0 radical (unpaired) electrons. The van der Waals surface area contributed by atoms with E-state index >= 15 is 0 Å². The van der Waals surface area contributed by atoms with E-state index in [9.17, 15) is 4.79 Å². The van der Waals surface area contributed by atoms with E-state index in [0.29, 0.717) is 11.4 Å². The number of methoxy groups -OCH3 is 1. The highest BCUT2D eigenvalue weighted by Crippen LogP contribution is 2.47. The molecule has 4 rings (SSSR count). The molecule has 1 unspecified atom stereocenters. The minimum absolute atomic E-state index is 0.319. The summed E-state index contributed by atoms with van der Waals surface area (Å²) in [6.07, 6.45) is 4.52. The van der Waals surface area contributed by atoms with Crippen molar-refractivity contribution in [2.24, 2.45) is 0 Å². The molecule has 0 fully saturated rings. The fourth-order valence-electron chi connectivity index (χ4n) is 3.13. The molecule has 9 heteroatoms. The molecule has 1 aliphatic heterocycles. The molecule has 0 bridgehead atoms. The van der Waals surface area contributed by atoms with Crippen molar-refractivity contribution < 1.29 is 14.3 Å². The number of benzene rings is 1. The normalized spacial score (nSPS) is 13.4. The Morgan fingerprint density at radius 3 is 2.76 bits per heavy atom. The number of carbonyl (C=O) groups is 1. The third-order valence-electron chi connectivity index (χ3n) is 4.34. The summed E-state index contributed by atoms with van der Waals surface area (Å²) in [6, 6.07) is 9.58. The number of anilines is 2. The number of pyridine rings is 1. The first kappa shape index (κ1) is 19.6. The number of ether oxygens (including phenoxy) is 2. The Morgan fingerprint density at radius 2 is 2.03 bits per heavy atom. The summed E-state index contributed by atoms with van der Waals surface area (Å²) in [5, 5.41) is 0.817. The molecule has 1 aromatic carbocycles. The number of H-pyrrole nitrogens is 1. The number of esters is 1. The first-order valence-electron chi connectivity index (χ1n) is 8.82. The molecule has 3 heterocycles. The van der Waals surface area contributed by atoms with Gasteiger partial charge >= 0.3 is 5.97 Å². The molecule has 0 aliphatic carbocycles. The second-order valence-electron chi connectivity index (χ2n) is 6.34. The first-order valence-corrected chi connectivity index (χ1v) is 10.0. The number of rotatable bonds is 5. The Bertz CT molecular complexity index is 1100. The van der Waals surface area contributed by atoms with Gasteiger partial charge in [0.1, 0.15) is 16.4 Å². The summed E-state index contributed by atoms with van der Waals surface area (Å²) in [5.41, 5.74) is 2.55. The zero-order valence-corrected chi connectivity index (χ0v) is 17.4. The van der Waals surface area contributed by atoms with Crippen LogP contribution in [0.25, 0.3) is 0 Å². The lowest BCUT2D eigenvalue weighted by Crippen LogP contribution is -2.25. The van der Waals surface area contributed by atoms with Crippen LogP contribution in [0.15, 0.2) is 58.8 Å². The molecule has 1 N–H and O–H groups in total. The number of aromatic amines is 1. The third kappa shape index (κ3) is 4.02. The van der Waals surface area contributed by atoms with Crippen LogP contribution in [0.4, 0.5) is 11.5 Å². The fraction of sp³-hybridized carbons (Fsp3) is 0.200. The summed E-state index contributed by atoms with van der Waals surface area (Å²) in [5.74, 6) is 0.367. The molecule has 148 valence electrons. The van der Waals surface area contributed by atoms with Gasteiger partial charge in [0.15, 0.2) is 11.9 Å². The van der Waals surface area contributed by atoms with Crippen molar-refractivity contribution in [3.63, 3.8) is 0 Å². The molecule has 0 saturated heterocycles. The molecule has 0 saturated carbocycles. The van der Waals surface area contributed by atoms with Gasteiger partial charge in [0.25, 0.3) is 0 Å². The summed E-state index contributed by atoms with van der Waals surface area (Å²) < 4.78 is 11.7. The SMILES string of the molecule is COCN1c2cc(C(OC(C)=O)c3ccc(=S)[nH]c3)ccc2Sc2nccnc21. The van der Waals surface area contributed by atoms with E-state index in [2.05, 4.69) is 15.0 Å². The van der Waals surface area contributed by atoms with Gasteiger partial charge in [-0.2, -0.15) is 0 Å². The number of nitrogens with zero attached hydrogens (tertiary/aromatic N) is 3. The summed E-state index contributed by atoms with van der Waals surface area (Å²) >= 11 is 6.67. The number of aromatic nitrogens is 3. The molecule has 2 aromatic heterocycles. The molecule has 3 aromatic rings. The van der Waals surface area contributed by atoms with E-state index in [1.54, 1.807) is 43.5 Å². The van der Waals surface area contributed by atoms with Gasteiger partial charge in [-0.3, -0.25) is 9.69 Å². The van der Waals surface area contributed by atoms with Gasteiger partial charge < -0.3 is 14.5 Å².